The third kappa shape index (κ3) is 2.74. The summed E-state index contributed by atoms with van der Waals surface area (Å²) in [5, 5.41) is 11.0. The molecule has 3 aliphatic rings. The molecule has 2 aliphatic heterocycles. The lowest BCUT2D eigenvalue weighted by atomic mass is 9.91. The number of halogens is 1. The Hall–Kier alpha value is -1.14. The van der Waals surface area contributed by atoms with Crippen LogP contribution in [-0.2, 0) is 17.8 Å². The Labute approximate surface area is 136 Å². The van der Waals surface area contributed by atoms with Gasteiger partial charge < -0.3 is 10.6 Å². The van der Waals surface area contributed by atoms with Crippen LogP contribution in [0.3, 0.4) is 0 Å². The topological polar surface area (TPSA) is 71.8 Å². The lowest BCUT2D eigenvalue weighted by Gasteiger charge is -2.26. The summed E-state index contributed by atoms with van der Waals surface area (Å²) in [6.07, 6.45) is 5.28. The van der Waals surface area contributed by atoms with Gasteiger partial charge in [-0.1, -0.05) is 0 Å². The molecule has 0 aromatic carbocycles. The highest BCUT2D eigenvalue weighted by Gasteiger charge is 2.57. The number of rotatable bonds is 2. The number of hydrogen-bond donors (Lipinski definition) is 2. The largest absolute Gasteiger partial charge is 0.351 e. The maximum atomic E-state index is 12.5. The van der Waals surface area contributed by atoms with E-state index in [4.69, 9.17) is 0 Å². The molecule has 1 aromatic heterocycles. The minimum atomic E-state index is 0. The predicted molar refractivity (Wildman–Crippen MR) is 84.9 cm³/mol. The van der Waals surface area contributed by atoms with Gasteiger partial charge >= 0.3 is 0 Å². The Balaban J connectivity index is 0.00000144. The van der Waals surface area contributed by atoms with Crippen LogP contribution < -0.4 is 10.6 Å². The van der Waals surface area contributed by atoms with Gasteiger partial charge in [0.2, 0.25) is 5.91 Å². The van der Waals surface area contributed by atoms with Gasteiger partial charge in [0.05, 0.1) is 6.54 Å². The summed E-state index contributed by atoms with van der Waals surface area (Å²) >= 11 is 0. The van der Waals surface area contributed by atoms with Gasteiger partial charge in [0, 0.05) is 18.4 Å². The highest BCUT2D eigenvalue weighted by Crippen LogP contribution is 2.58. The van der Waals surface area contributed by atoms with E-state index in [2.05, 4.69) is 20.7 Å². The van der Waals surface area contributed by atoms with Crippen molar-refractivity contribution in [2.75, 3.05) is 13.1 Å². The molecule has 2 atom stereocenters. The zero-order valence-electron chi connectivity index (χ0n) is 13.0. The lowest BCUT2D eigenvalue weighted by Crippen LogP contribution is -2.43. The van der Waals surface area contributed by atoms with Crippen molar-refractivity contribution in [2.24, 2.45) is 11.3 Å². The molecule has 1 saturated carbocycles. The predicted octanol–water partition coefficient (Wildman–Crippen LogP) is 0.829. The average molecular weight is 326 g/mol. The standard InChI is InChI=1S/C15H23N5O.ClH/c1-10-17-13-3-2-11(9-20(13)19-10)18-14(21)12-8-15(12)4-6-16-7-5-15;/h11-12,16H,2-9H2,1H3,(H,18,21);1H. The number of amides is 1. The normalized spacial score (nSPS) is 28.6. The third-order valence-corrected chi connectivity index (χ3v) is 5.42. The van der Waals surface area contributed by atoms with Gasteiger partial charge in [-0.2, -0.15) is 5.10 Å². The first kappa shape index (κ1) is 15.7. The van der Waals surface area contributed by atoms with Crippen molar-refractivity contribution in [1.82, 2.24) is 25.4 Å². The third-order valence-electron chi connectivity index (χ3n) is 5.42. The number of piperidine rings is 1. The van der Waals surface area contributed by atoms with E-state index in [1.54, 1.807) is 0 Å². The highest BCUT2D eigenvalue weighted by atomic mass is 35.5. The average Bonchev–Trinajstić information content (AvgIpc) is 3.02. The molecule has 22 heavy (non-hydrogen) atoms. The van der Waals surface area contributed by atoms with Crippen molar-refractivity contribution in [3.8, 4) is 0 Å². The minimum Gasteiger partial charge on any atom is -0.351 e. The smallest absolute Gasteiger partial charge is 0.223 e. The van der Waals surface area contributed by atoms with E-state index in [0.717, 1.165) is 63.4 Å². The van der Waals surface area contributed by atoms with E-state index < -0.39 is 0 Å². The maximum Gasteiger partial charge on any atom is 0.223 e. The number of nitrogens with zero attached hydrogens (tertiary/aromatic N) is 3. The van der Waals surface area contributed by atoms with Gasteiger partial charge in [0.15, 0.2) is 0 Å². The number of carbonyl (C=O) groups is 1. The molecule has 122 valence electrons. The minimum absolute atomic E-state index is 0. The van der Waals surface area contributed by atoms with Crippen LogP contribution in [0.4, 0.5) is 0 Å². The molecular weight excluding hydrogens is 302 g/mol. The van der Waals surface area contributed by atoms with Crippen LogP contribution >= 0.6 is 12.4 Å². The lowest BCUT2D eigenvalue weighted by molar-refractivity contribution is -0.124. The van der Waals surface area contributed by atoms with Gasteiger partial charge in [0.1, 0.15) is 11.6 Å². The van der Waals surface area contributed by atoms with E-state index in [1.165, 1.54) is 0 Å². The molecule has 7 heteroatoms. The molecule has 1 saturated heterocycles. The Morgan fingerprint density at radius 2 is 2.18 bits per heavy atom. The number of aromatic nitrogens is 3. The van der Waals surface area contributed by atoms with Crippen LogP contribution in [0.2, 0.25) is 0 Å². The summed E-state index contributed by atoms with van der Waals surface area (Å²) in [4.78, 5) is 16.9. The SMILES string of the molecule is Cc1nc2n(n1)CC(NC(=O)C1CC13CCNCC3)CC2.Cl. The number of hydrogen-bond acceptors (Lipinski definition) is 4. The molecule has 3 heterocycles. The molecular formula is C15H24ClN5O. The fraction of sp³-hybridized carbons (Fsp3) is 0.800. The van der Waals surface area contributed by atoms with Crippen molar-refractivity contribution in [3.63, 3.8) is 0 Å². The molecule has 6 nitrogen and oxygen atoms in total. The summed E-state index contributed by atoms with van der Waals surface area (Å²) < 4.78 is 1.96. The van der Waals surface area contributed by atoms with E-state index >= 15 is 0 Å². The number of fused-ring (bicyclic) bond motifs is 1. The first-order chi connectivity index (χ1) is 10.2. The second-order valence-corrected chi connectivity index (χ2v) is 6.87. The van der Waals surface area contributed by atoms with Gasteiger partial charge in [0.25, 0.3) is 0 Å². The fourth-order valence-electron chi connectivity index (χ4n) is 4.05. The van der Waals surface area contributed by atoms with E-state index in [-0.39, 0.29) is 30.3 Å². The first-order valence-corrected chi connectivity index (χ1v) is 8.08. The van der Waals surface area contributed by atoms with Crippen LogP contribution in [0.15, 0.2) is 0 Å². The monoisotopic (exact) mass is 325 g/mol. The molecule has 0 radical (unpaired) electrons. The molecule has 4 rings (SSSR count). The summed E-state index contributed by atoms with van der Waals surface area (Å²) in [6.45, 7) is 4.82. The van der Waals surface area contributed by atoms with Crippen LogP contribution in [0.1, 0.15) is 37.3 Å². The van der Waals surface area contributed by atoms with E-state index in [9.17, 15) is 4.79 Å². The number of carbonyl (C=O) groups excluding carboxylic acids is 1. The second-order valence-electron chi connectivity index (χ2n) is 6.87. The highest BCUT2D eigenvalue weighted by molar-refractivity contribution is 5.85. The molecule has 1 spiro atoms. The Bertz CT molecular complexity index is 566. The molecule has 2 unspecified atom stereocenters. The van der Waals surface area contributed by atoms with Crippen molar-refractivity contribution < 1.29 is 4.79 Å². The van der Waals surface area contributed by atoms with Gasteiger partial charge in [-0.15, -0.1) is 12.4 Å². The Morgan fingerprint density at radius 1 is 1.41 bits per heavy atom. The maximum absolute atomic E-state index is 12.5. The van der Waals surface area contributed by atoms with Crippen molar-refractivity contribution in [1.29, 1.82) is 0 Å². The van der Waals surface area contributed by atoms with Gasteiger partial charge in [-0.25, -0.2) is 9.67 Å². The summed E-state index contributed by atoms with van der Waals surface area (Å²) in [7, 11) is 0. The van der Waals surface area contributed by atoms with Crippen LogP contribution in [0.25, 0.3) is 0 Å². The second kappa shape index (κ2) is 5.81. The molecule has 1 aromatic rings. The van der Waals surface area contributed by atoms with Crippen molar-refractivity contribution >= 4 is 18.3 Å². The molecule has 0 bridgehead atoms. The summed E-state index contributed by atoms with van der Waals surface area (Å²) in [5.74, 6) is 2.40. The quantitative estimate of drug-likeness (QED) is 0.845. The van der Waals surface area contributed by atoms with Gasteiger partial charge in [-0.05, 0) is 51.1 Å². The zero-order chi connectivity index (χ0) is 14.4. The van der Waals surface area contributed by atoms with Crippen LogP contribution in [0, 0.1) is 18.3 Å². The zero-order valence-corrected chi connectivity index (χ0v) is 13.8. The van der Waals surface area contributed by atoms with E-state index in [1.807, 2.05) is 11.6 Å². The molecule has 2 N–H and O–H groups in total. The first-order valence-electron chi connectivity index (χ1n) is 8.08. The molecule has 1 amide bonds. The number of nitrogens with one attached hydrogen (secondary N) is 2. The van der Waals surface area contributed by atoms with E-state index in [0.29, 0.717) is 5.41 Å². The van der Waals surface area contributed by atoms with Crippen molar-refractivity contribution in [3.05, 3.63) is 11.6 Å². The fourth-order valence-corrected chi connectivity index (χ4v) is 4.05. The Kier molecular flexibility index (Phi) is 4.16. The van der Waals surface area contributed by atoms with Gasteiger partial charge in [-0.3, -0.25) is 4.79 Å². The molecule has 1 aliphatic carbocycles. The number of aryl methyl sites for hydroxylation is 2. The molecule has 2 fully saturated rings. The van der Waals surface area contributed by atoms with Crippen molar-refractivity contribution in [2.45, 2.75) is 51.6 Å². The summed E-state index contributed by atoms with van der Waals surface area (Å²) in [6, 6.07) is 0.213. The van der Waals surface area contributed by atoms with Crippen LogP contribution in [0.5, 0.6) is 0 Å². The Morgan fingerprint density at radius 3 is 2.95 bits per heavy atom. The summed E-state index contributed by atoms with van der Waals surface area (Å²) in [5.41, 5.74) is 0.318. The van der Waals surface area contributed by atoms with Crippen LogP contribution in [-0.4, -0.2) is 39.8 Å².